The molecule has 4 rings (SSSR count). The molecule has 4 heteroatoms. The Balaban J connectivity index is 1.81. The van der Waals surface area contributed by atoms with Crippen LogP contribution in [-0.4, -0.2) is 14.8 Å². The summed E-state index contributed by atoms with van der Waals surface area (Å²) < 4.78 is 7.66. The zero-order valence-electron chi connectivity index (χ0n) is 12.4. The molecule has 0 N–H and O–H groups in total. The number of aryl methyl sites for hydroxylation is 2. The van der Waals surface area contributed by atoms with Gasteiger partial charge in [-0.15, -0.1) is 0 Å². The molecule has 0 spiro atoms. The summed E-state index contributed by atoms with van der Waals surface area (Å²) in [6.07, 6.45) is 1.94. The lowest BCUT2D eigenvalue weighted by Gasteiger charge is -2.08. The molecule has 0 atom stereocenters. The summed E-state index contributed by atoms with van der Waals surface area (Å²) in [5.41, 5.74) is 5.83. The number of nitrogens with zero attached hydrogens (tertiary/aromatic N) is 3. The van der Waals surface area contributed by atoms with Crippen LogP contribution in [0.1, 0.15) is 11.1 Å². The molecule has 0 saturated carbocycles. The standard InChI is InChI=1S/C18H15N3O/c1-12-6-5-7-13(2)17(12)21-11-10-15(20-21)18-19-14-8-3-4-9-16(14)22-18/h3-11H,1-2H3. The topological polar surface area (TPSA) is 43.9 Å². The van der Waals surface area contributed by atoms with Crippen LogP contribution in [0.25, 0.3) is 28.4 Å². The summed E-state index contributed by atoms with van der Waals surface area (Å²) in [5.74, 6) is 0.547. The predicted octanol–water partition coefficient (Wildman–Crippen LogP) is 4.30. The van der Waals surface area contributed by atoms with Gasteiger partial charge in [0.1, 0.15) is 11.2 Å². The number of rotatable bonds is 2. The van der Waals surface area contributed by atoms with E-state index >= 15 is 0 Å². The third kappa shape index (κ3) is 2.00. The van der Waals surface area contributed by atoms with Gasteiger partial charge in [0.05, 0.1) is 5.69 Å². The Kier molecular flexibility index (Phi) is 2.82. The molecule has 22 heavy (non-hydrogen) atoms. The maximum atomic E-state index is 5.78. The van der Waals surface area contributed by atoms with Crippen molar-refractivity contribution in [1.82, 2.24) is 14.8 Å². The second-order valence-electron chi connectivity index (χ2n) is 5.37. The quantitative estimate of drug-likeness (QED) is 0.552. The van der Waals surface area contributed by atoms with Gasteiger partial charge in [0.2, 0.25) is 5.89 Å². The number of benzene rings is 2. The second-order valence-corrected chi connectivity index (χ2v) is 5.37. The smallest absolute Gasteiger partial charge is 0.248 e. The number of oxazole rings is 1. The van der Waals surface area contributed by atoms with Gasteiger partial charge in [0.15, 0.2) is 5.58 Å². The van der Waals surface area contributed by atoms with Crippen molar-refractivity contribution in [3.05, 3.63) is 65.9 Å². The molecule has 0 radical (unpaired) electrons. The Morgan fingerprint density at radius 3 is 2.45 bits per heavy atom. The number of aromatic nitrogens is 3. The van der Waals surface area contributed by atoms with Crippen LogP contribution in [0.5, 0.6) is 0 Å². The van der Waals surface area contributed by atoms with Gasteiger partial charge in [-0.1, -0.05) is 30.3 Å². The van der Waals surface area contributed by atoms with E-state index in [0.717, 1.165) is 22.5 Å². The Bertz CT molecular complexity index is 912. The summed E-state index contributed by atoms with van der Waals surface area (Å²) >= 11 is 0. The van der Waals surface area contributed by atoms with Crippen LogP contribution in [-0.2, 0) is 0 Å². The monoisotopic (exact) mass is 289 g/mol. The van der Waals surface area contributed by atoms with E-state index in [1.54, 1.807) is 0 Å². The van der Waals surface area contributed by atoms with Crippen molar-refractivity contribution in [2.24, 2.45) is 0 Å². The Morgan fingerprint density at radius 1 is 0.909 bits per heavy atom. The Hall–Kier alpha value is -2.88. The van der Waals surface area contributed by atoms with Crippen molar-refractivity contribution >= 4 is 11.1 Å². The molecule has 4 nitrogen and oxygen atoms in total. The van der Waals surface area contributed by atoms with E-state index in [2.05, 4.69) is 42.1 Å². The fourth-order valence-corrected chi connectivity index (χ4v) is 2.71. The van der Waals surface area contributed by atoms with Crippen LogP contribution in [0.15, 0.2) is 59.1 Å². The fraction of sp³-hybridized carbons (Fsp3) is 0.111. The average molecular weight is 289 g/mol. The van der Waals surface area contributed by atoms with Gasteiger partial charge >= 0.3 is 0 Å². The van der Waals surface area contributed by atoms with E-state index in [-0.39, 0.29) is 0 Å². The fourth-order valence-electron chi connectivity index (χ4n) is 2.71. The summed E-state index contributed by atoms with van der Waals surface area (Å²) in [6, 6.07) is 15.9. The molecule has 2 aromatic heterocycles. The molecule has 2 aromatic carbocycles. The minimum absolute atomic E-state index is 0.547. The van der Waals surface area contributed by atoms with E-state index in [0.29, 0.717) is 5.89 Å². The second kappa shape index (κ2) is 4.84. The molecule has 0 aliphatic carbocycles. The van der Waals surface area contributed by atoms with Crippen LogP contribution in [0.2, 0.25) is 0 Å². The first-order chi connectivity index (χ1) is 10.7. The van der Waals surface area contributed by atoms with E-state index in [1.807, 2.05) is 41.2 Å². The van der Waals surface area contributed by atoms with Crippen molar-refractivity contribution in [2.75, 3.05) is 0 Å². The third-order valence-corrected chi connectivity index (χ3v) is 3.77. The van der Waals surface area contributed by atoms with Crippen LogP contribution in [0, 0.1) is 13.8 Å². The van der Waals surface area contributed by atoms with Crippen molar-refractivity contribution in [1.29, 1.82) is 0 Å². The molecular weight excluding hydrogens is 274 g/mol. The zero-order valence-corrected chi connectivity index (χ0v) is 12.4. The summed E-state index contributed by atoms with van der Waals surface area (Å²) in [5, 5.41) is 4.63. The van der Waals surface area contributed by atoms with E-state index in [9.17, 15) is 0 Å². The predicted molar refractivity (Wildman–Crippen MR) is 86.0 cm³/mol. The van der Waals surface area contributed by atoms with E-state index in [1.165, 1.54) is 11.1 Å². The summed E-state index contributed by atoms with van der Waals surface area (Å²) in [4.78, 5) is 4.49. The van der Waals surface area contributed by atoms with Crippen LogP contribution in [0.4, 0.5) is 0 Å². The van der Waals surface area contributed by atoms with Gasteiger partial charge < -0.3 is 4.42 Å². The van der Waals surface area contributed by atoms with Crippen molar-refractivity contribution in [3.8, 4) is 17.3 Å². The Morgan fingerprint density at radius 2 is 1.68 bits per heavy atom. The minimum atomic E-state index is 0.547. The van der Waals surface area contributed by atoms with Gasteiger partial charge in [0, 0.05) is 6.20 Å². The maximum Gasteiger partial charge on any atom is 0.248 e. The van der Waals surface area contributed by atoms with Crippen LogP contribution >= 0.6 is 0 Å². The maximum absolute atomic E-state index is 5.78. The first-order valence-electron chi connectivity index (χ1n) is 7.20. The van der Waals surface area contributed by atoms with Crippen LogP contribution in [0.3, 0.4) is 0 Å². The third-order valence-electron chi connectivity index (χ3n) is 3.77. The van der Waals surface area contributed by atoms with Crippen LogP contribution < -0.4 is 0 Å². The highest BCUT2D eigenvalue weighted by Crippen LogP contribution is 2.24. The normalized spacial score (nSPS) is 11.2. The van der Waals surface area contributed by atoms with Gasteiger partial charge in [-0.25, -0.2) is 9.67 Å². The molecule has 0 fully saturated rings. The molecule has 0 aliphatic heterocycles. The molecular formula is C18H15N3O. The number of hydrogen-bond donors (Lipinski definition) is 0. The molecule has 0 aliphatic rings. The zero-order chi connectivity index (χ0) is 15.1. The summed E-state index contributed by atoms with van der Waals surface area (Å²) in [6.45, 7) is 4.17. The molecule has 2 heterocycles. The van der Waals surface area contributed by atoms with E-state index < -0.39 is 0 Å². The Labute approximate surface area is 128 Å². The minimum Gasteiger partial charge on any atom is -0.435 e. The van der Waals surface area contributed by atoms with Gasteiger partial charge in [-0.2, -0.15) is 5.10 Å². The van der Waals surface area contributed by atoms with E-state index in [4.69, 9.17) is 4.42 Å². The largest absolute Gasteiger partial charge is 0.435 e. The van der Waals surface area contributed by atoms with Crippen molar-refractivity contribution in [2.45, 2.75) is 13.8 Å². The number of para-hydroxylation sites is 3. The molecule has 0 saturated heterocycles. The molecule has 0 bridgehead atoms. The number of hydrogen-bond acceptors (Lipinski definition) is 3. The first kappa shape index (κ1) is 12.8. The lowest BCUT2D eigenvalue weighted by Crippen LogP contribution is -2.00. The average Bonchev–Trinajstić information content (AvgIpc) is 3.13. The molecule has 108 valence electrons. The molecule has 0 unspecified atom stereocenters. The first-order valence-corrected chi connectivity index (χ1v) is 7.20. The van der Waals surface area contributed by atoms with Gasteiger partial charge in [-0.05, 0) is 43.2 Å². The highest BCUT2D eigenvalue weighted by molar-refractivity contribution is 5.75. The summed E-state index contributed by atoms with van der Waals surface area (Å²) in [7, 11) is 0. The number of fused-ring (bicyclic) bond motifs is 1. The highest BCUT2D eigenvalue weighted by atomic mass is 16.3. The van der Waals surface area contributed by atoms with Gasteiger partial charge in [-0.3, -0.25) is 0 Å². The molecule has 0 amide bonds. The molecule has 4 aromatic rings. The lowest BCUT2D eigenvalue weighted by atomic mass is 10.1. The van der Waals surface area contributed by atoms with Crippen molar-refractivity contribution < 1.29 is 4.42 Å². The lowest BCUT2D eigenvalue weighted by molar-refractivity contribution is 0.615. The van der Waals surface area contributed by atoms with Crippen molar-refractivity contribution in [3.63, 3.8) is 0 Å². The highest BCUT2D eigenvalue weighted by Gasteiger charge is 2.12. The van der Waals surface area contributed by atoms with Gasteiger partial charge in [0.25, 0.3) is 0 Å². The SMILES string of the molecule is Cc1cccc(C)c1-n1ccc(-c2nc3ccccc3o2)n1.